The molecule has 4 rings (SSSR count). The number of benzene rings is 3. The van der Waals surface area contributed by atoms with Crippen LogP contribution in [0.25, 0.3) is 6.08 Å². The number of nitro groups is 1. The Balaban J connectivity index is 1.40. The van der Waals surface area contributed by atoms with E-state index >= 15 is 0 Å². The highest BCUT2D eigenvalue weighted by atomic mass is 32.2. The Bertz CT molecular complexity index is 1240. The predicted molar refractivity (Wildman–Crippen MR) is 127 cm³/mol. The average molecular weight is 461 g/mol. The van der Waals surface area contributed by atoms with Gasteiger partial charge in [-0.2, -0.15) is 0 Å². The van der Waals surface area contributed by atoms with E-state index in [4.69, 9.17) is 4.74 Å². The lowest BCUT2D eigenvalue weighted by molar-refractivity contribution is -0.384. The van der Waals surface area contributed by atoms with Crippen LogP contribution in [0.5, 0.6) is 5.75 Å². The van der Waals surface area contributed by atoms with Gasteiger partial charge in [0.25, 0.3) is 16.8 Å². The zero-order chi connectivity index (χ0) is 23.4. The zero-order valence-electron chi connectivity index (χ0n) is 17.8. The highest BCUT2D eigenvalue weighted by Crippen LogP contribution is 2.33. The summed E-state index contributed by atoms with van der Waals surface area (Å²) >= 11 is 0.876. The number of nitrogens with zero attached hydrogens (tertiary/aromatic N) is 2. The third kappa shape index (κ3) is 5.30. The summed E-state index contributed by atoms with van der Waals surface area (Å²) in [4.78, 5) is 36.9. The number of nitro benzene ring substituents is 1. The molecule has 0 aromatic heterocycles. The molecule has 1 heterocycles. The molecular formula is C25H20N2O5S. The van der Waals surface area contributed by atoms with Crippen LogP contribution >= 0.6 is 11.8 Å². The number of amides is 2. The standard InChI is InChI=1S/C25H20N2O5S/c1-17-4-2-3-5-20(17)16-32-22-12-8-18(9-13-22)14-23-24(28)26(25(29)33-23)15-19-6-10-21(11-7-19)27(30)31/h2-14H,15-16H2,1H3/b23-14-. The molecule has 7 nitrogen and oxygen atoms in total. The maximum Gasteiger partial charge on any atom is 0.293 e. The van der Waals surface area contributed by atoms with Crippen molar-refractivity contribution in [3.8, 4) is 5.75 Å². The van der Waals surface area contributed by atoms with E-state index in [9.17, 15) is 19.7 Å². The van der Waals surface area contributed by atoms with E-state index in [1.807, 2.05) is 55.5 Å². The van der Waals surface area contributed by atoms with Crippen LogP contribution in [0.1, 0.15) is 22.3 Å². The summed E-state index contributed by atoms with van der Waals surface area (Å²) in [5, 5.41) is 10.4. The molecule has 0 aliphatic carbocycles. The first kappa shape index (κ1) is 22.3. The fraction of sp³-hybridized carbons (Fsp3) is 0.120. The van der Waals surface area contributed by atoms with Crippen molar-refractivity contribution in [2.45, 2.75) is 20.1 Å². The summed E-state index contributed by atoms with van der Waals surface area (Å²) in [5.74, 6) is 0.324. The smallest absolute Gasteiger partial charge is 0.293 e. The van der Waals surface area contributed by atoms with Crippen LogP contribution in [0.4, 0.5) is 10.5 Å². The van der Waals surface area contributed by atoms with Gasteiger partial charge in [0, 0.05) is 12.1 Å². The minimum Gasteiger partial charge on any atom is -0.489 e. The Morgan fingerprint density at radius 3 is 2.36 bits per heavy atom. The van der Waals surface area contributed by atoms with Crippen molar-refractivity contribution in [1.29, 1.82) is 0 Å². The summed E-state index contributed by atoms with van der Waals surface area (Å²) < 4.78 is 5.85. The average Bonchev–Trinajstić information content (AvgIpc) is 3.07. The summed E-state index contributed by atoms with van der Waals surface area (Å²) in [6.45, 7) is 2.57. The van der Waals surface area contributed by atoms with Crippen LogP contribution in [0.2, 0.25) is 0 Å². The highest BCUT2D eigenvalue weighted by Gasteiger charge is 2.35. The first-order chi connectivity index (χ1) is 15.9. The molecular weight excluding hydrogens is 440 g/mol. The molecule has 33 heavy (non-hydrogen) atoms. The second kappa shape index (κ2) is 9.70. The number of hydrogen-bond acceptors (Lipinski definition) is 6. The van der Waals surface area contributed by atoms with Gasteiger partial charge < -0.3 is 4.74 Å². The van der Waals surface area contributed by atoms with Gasteiger partial charge in [-0.15, -0.1) is 0 Å². The van der Waals surface area contributed by atoms with Crippen LogP contribution in [0, 0.1) is 17.0 Å². The van der Waals surface area contributed by atoms with Gasteiger partial charge in [0.15, 0.2) is 0 Å². The molecule has 0 N–H and O–H groups in total. The van der Waals surface area contributed by atoms with Crippen LogP contribution < -0.4 is 4.74 Å². The van der Waals surface area contributed by atoms with Gasteiger partial charge in [-0.05, 0) is 59.1 Å². The van der Waals surface area contributed by atoms with Gasteiger partial charge in [-0.3, -0.25) is 24.6 Å². The topological polar surface area (TPSA) is 89.8 Å². The Morgan fingerprint density at radius 2 is 1.70 bits per heavy atom. The van der Waals surface area contributed by atoms with Crippen molar-refractivity contribution < 1.29 is 19.2 Å². The second-order valence-electron chi connectivity index (χ2n) is 7.48. The van der Waals surface area contributed by atoms with Crippen LogP contribution in [0.15, 0.2) is 77.7 Å². The number of carbonyl (C=O) groups excluding carboxylic acids is 2. The van der Waals surface area contributed by atoms with Crippen LogP contribution in [0.3, 0.4) is 0 Å². The Morgan fingerprint density at radius 1 is 1.00 bits per heavy atom. The minimum atomic E-state index is -0.494. The lowest BCUT2D eigenvalue weighted by atomic mass is 10.1. The van der Waals surface area contributed by atoms with Crippen molar-refractivity contribution in [3.05, 3.63) is 110 Å². The number of hydrogen-bond donors (Lipinski definition) is 0. The highest BCUT2D eigenvalue weighted by molar-refractivity contribution is 8.18. The Kier molecular flexibility index (Phi) is 6.55. The molecule has 1 saturated heterocycles. The molecule has 8 heteroatoms. The minimum absolute atomic E-state index is 0.0425. The second-order valence-corrected chi connectivity index (χ2v) is 8.47. The quantitative estimate of drug-likeness (QED) is 0.255. The fourth-order valence-electron chi connectivity index (χ4n) is 3.29. The molecule has 3 aromatic carbocycles. The van der Waals surface area contributed by atoms with Gasteiger partial charge in [-0.25, -0.2) is 0 Å². The Hall–Kier alpha value is -3.91. The number of ether oxygens (including phenoxy) is 1. The van der Waals surface area contributed by atoms with Crippen molar-refractivity contribution in [3.63, 3.8) is 0 Å². The zero-order valence-corrected chi connectivity index (χ0v) is 18.6. The van der Waals surface area contributed by atoms with E-state index in [-0.39, 0.29) is 23.4 Å². The molecule has 0 atom stereocenters. The van der Waals surface area contributed by atoms with E-state index in [0.29, 0.717) is 22.8 Å². The molecule has 1 aliphatic heterocycles. The summed E-state index contributed by atoms with van der Waals surface area (Å²) in [6, 6.07) is 21.1. The van der Waals surface area contributed by atoms with Gasteiger partial charge >= 0.3 is 0 Å². The third-order valence-corrected chi connectivity index (χ3v) is 6.10. The lowest BCUT2D eigenvalue weighted by Crippen LogP contribution is -2.27. The number of imide groups is 1. The maximum absolute atomic E-state index is 12.7. The number of carbonyl (C=O) groups is 2. The van der Waals surface area contributed by atoms with E-state index in [2.05, 4.69) is 0 Å². The van der Waals surface area contributed by atoms with Gasteiger partial charge in [0.1, 0.15) is 12.4 Å². The molecule has 2 amide bonds. The number of rotatable bonds is 7. The summed E-state index contributed by atoms with van der Waals surface area (Å²) in [6.07, 6.45) is 1.67. The van der Waals surface area contributed by atoms with E-state index < -0.39 is 4.92 Å². The summed E-state index contributed by atoms with van der Waals surface area (Å²) in [7, 11) is 0. The first-order valence-electron chi connectivity index (χ1n) is 10.2. The van der Waals surface area contributed by atoms with Crippen LogP contribution in [-0.4, -0.2) is 21.0 Å². The van der Waals surface area contributed by atoms with Gasteiger partial charge in [-0.1, -0.05) is 48.5 Å². The van der Waals surface area contributed by atoms with Crippen LogP contribution in [-0.2, 0) is 17.9 Å². The van der Waals surface area contributed by atoms with E-state index in [1.54, 1.807) is 18.2 Å². The summed E-state index contributed by atoms with van der Waals surface area (Å²) in [5.41, 5.74) is 3.65. The maximum atomic E-state index is 12.7. The van der Waals surface area contributed by atoms with Crippen molar-refractivity contribution in [2.75, 3.05) is 0 Å². The molecule has 3 aromatic rings. The predicted octanol–water partition coefficient (Wildman–Crippen LogP) is 5.72. The molecule has 166 valence electrons. The lowest BCUT2D eigenvalue weighted by Gasteiger charge is -2.12. The first-order valence-corrected chi connectivity index (χ1v) is 11.0. The van der Waals surface area contributed by atoms with Crippen molar-refractivity contribution in [1.82, 2.24) is 4.90 Å². The molecule has 0 saturated carbocycles. The molecule has 0 bridgehead atoms. The van der Waals surface area contributed by atoms with E-state index in [1.165, 1.54) is 17.7 Å². The number of thioether (sulfide) groups is 1. The van der Waals surface area contributed by atoms with Gasteiger partial charge in [0.05, 0.1) is 16.4 Å². The molecule has 0 radical (unpaired) electrons. The SMILES string of the molecule is Cc1ccccc1COc1ccc(/C=C2\SC(=O)N(Cc3ccc([N+](=O)[O-])cc3)C2=O)cc1. The number of aryl methyl sites for hydroxylation is 1. The monoisotopic (exact) mass is 460 g/mol. The normalized spacial score (nSPS) is 14.7. The Labute approximate surface area is 194 Å². The molecule has 0 unspecified atom stereocenters. The van der Waals surface area contributed by atoms with E-state index in [0.717, 1.165) is 27.8 Å². The van der Waals surface area contributed by atoms with Gasteiger partial charge in [0.2, 0.25) is 0 Å². The molecule has 1 aliphatic rings. The van der Waals surface area contributed by atoms with Crippen molar-refractivity contribution in [2.24, 2.45) is 0 Å². The molecule has 1 fully saturated rings. The number of non-ortho nitro benzene ring substituents is 1. The van der Waals surface area contributed by atoms with Crippen molar-refractivity contribution >= 4 is 34.7 Å². The fourth-order valence-corrected chi connectivity index (χ4v) is 4.13. The largest absolute Gasteiger partial charge is 0.489 e. The third-order valence-electron chi connectivity index (χ3n) is 5.19. The molecule has 0 spiro atoms.